The third kappa shape index (κ3) is 9.26. The number of benzene rings is 2. The third-order valence-corrected chi connectivity index (χ3v) is 11.0. The van der Waals surface area contributed by atoms with Gasteiger partial charge in [-0.1, -0.05) is 18.9 Å². The zero-order valence-electron chi connectivity index (χ0n) is 33.5. The monoisotopic (exact) mass is 834 g/mol. The van der Waals surface area contributed by atoms with Crippen molar-refractivity contribution in [2.75, 3.05) is 75.4 Å². The number of nitrogens with zero attached hydrogens (tertiary/aromatic N) is 5. The quantitative estimate of drug-likeness (QED) is 0.132. The molecule has 1 aliphatic carbocycles. The Hall–Kier alpha value is -5.95. The molecule has 1 saturated heterocycles. The summed E-state index contributed by atoms with van der Waals surface area (Å²) in [7, 11) is 2.75. The highest BCUT2D eigenvalue weighted by Crippen LogP contribution is 2.40. The van der Waals surface area contributed by atoms with Crippen LogP contribution in [0.2, 0.25) is 0 Å². The predicted molar refractivity (Wildman–Crippen MR) is 213 cm³/mol. The highest BCUT2D eigenvalue weighted by molar-refractivity contribution is 6.06. The summed E-state index contributed by atoms with van der Waals surface area (Å²) in [6.45, 7) is 1.39. The van der Waals surface area contributed by atoms with E-state index in [1.54, 1.807) is 36.4 Å². The van der Waals surface area contributed by atoms with Crippen molar-refractivity contribution in [3.8, 4) is 11.5 Å². The van der Waals surface area contributed by atoms with Crippen LogP contribution >= 0.6 is 0 Å². The maximum absolute atomic E-state index is 15.0. The predicted octanol–water partition coefficient (Wildman–Crippen LogP) is 3.58. The fraction of sp³-hybridized carbons (Fsp3) is 0.488. The first-order valence-electron chi connectivity index (χ1n) is 20.0. The molecule has 17 nitrogen and oxygen atoms in total. The van der Waals surface area contributed by atoms with Gasteiger partial charge >= 0.3 is 5.92 Å². The Labute approximate surface area is 345 Å². The molecule has 0 spiro atoms. The lowest BCUT2D eigenvalue weighted by Gasteiger charge is -2.31. The molecule has 0 bridgehead atoms. The number of piperidine rings is 1. The van der Waals surface area contributed by atoms with Gasteiger partial charge in [-0.05, 0) is 56.0 Å². The maximum atomic E-state index is 15.0. The first-order chi connectivity index (χ1) is 28.9. The fourth-order valence-corrected chi connectivity index (χ4v) is 7.87. The van der Waals surface area contributed by atoms with Crippen molar-refractivity contribution in [1.82, 2.24) is 25.5 Å². The van der Waals surface area contributed by atoms with Crippen LogP contribution in [0.15, 0.2) is 42.6 Å². The summed E-state index contributed by atoms with van der Waals surface area (Å²) in [4.78, 5) is 75.3. The Morgan fingerprint density at radius 2 is 1.75 bits per heavy atom. The van der Waals surface area contributed by atoms with E-state index in [0.29, 0.717) is 60.1 Å². The lowest BCUT2D eigenvalue weighted by Crippen LogP contribution is -2.52. The molecule has 19 heteroatoms. The molecule has 1 saturated carbocycles. The van der Waals surface area contributed by atoms with Gasteiger partial charge in [-0.3, -0.25) is 29.3 Å². The molecule has 1 unspecified atom stereocenters. The number of halogens is 2. The number of amides is 5. The van der Waals surface area contributed by atoms with E-state index in [1.165, 1.54) is 30.2 Å². The standard InChI is InChI=1S/C41H48F2N8O9/c1-49-31-22-45-40(48-35(31)51(26-7-3-4-8-26)24-41(42,43)39(49)56)46-29-12-11-25(21-33(29)57-2)36(53)44-15-18-58-16-6-17-59-19-20-60-32-10-5-9-27-28(32)23-50(38(27)55)30-13-14-34(52)47-37(30)54/h5,9-12,21-22,26,30H,3-4,6-8,13-20,23-24H2,1-2H3,(H,44,53)(H,45,46,48)(H,47,52,54). The highest BCUT2D eigenvalue weighted by Gasteiger charge is 2.49. The van der Waals surface area contributed by atoms with Crippen molar-refractivity contribution in [2.24, 2.45) is 0 Å². The Kier molecular flexibility index (Phi) is 13.0. The number of carbonyl (C=O) groups is 5. The van der Waals surface area contributed by atoms with Crippen LogP contribution in [-0.2, 0) is 30.4 Å². The van der Waals surface area contributed by atoms with E-state index in [2.05, 4.69) is 25.9 Å². The van der Waals surface area contributed by atoms with Crippen LogP contribution < -0.4 is 35.2 Å². The summed E-state index contributed by atoms with van der Waals surface area (Å²) < 4.78 is 52.7. The summed E-state index contributed by atoms with van der Waals surface area (Å²) in [5.41, 5.74) is 2.16. The lowest BCUT2D eigenvalue weighted by atomic mass is 10.0. The molecule has 0 radical (unpaired) electrons. The smallest absolute Gasteiger partial charge is 0.342 e. The van der Waals surface area contributed by atoms with E-state index < -0.39 is 30.3 Å². The molecule has 1 atom stereocenters. The SMILES string of the molecule is COc1cc(C(=O)NCCOCCCOCCOc2cccc3c2CN(C2CCC(=O)NC2=O)C3=O)ccc1Nc1ncc2c(n1)N(C1CCCC1)CC(F)(F)C(=O)N2C. The number of alkyl halides is 2. The average molecular weight is 835 g/mol. The molecule has 320 valence electrons. The molecule has 60 heavy (non-hydrogen) atoms. The number of aromatic nitrogens is 2. The minimum atomic E-state index is -3.59. The zero-order valence-corrected chi connectivity index (χ0v) is 33.5. The van der Waals surface area contributed by atoms with Gasteiger partial charge in [-0.15, -0.1) is 0 Å². The summed E-state index contributed by atoms with van der Waals surface area (Å²) in [6.07, 6.45) is 5.70. The maximum Gasteiger partial charge on any atom is 0.342 e. The molecule has 5 amide bonds. The summed E-state index contributed by atoms with van der Waals surface area (Å²) >= 11 is 0. The van der Waals surface area contributed by atoms with Gasteiger partial charge in [0.25, 0.3) is 17.7 Å². The van der Waals surface area contributed by atoms with Gasteiger partial charge in [-0.25, -0.2) is 4.98 Å². The minimum Gasteiger partial charge on any atom is -0.495 e. The van der Waals surface area contributed by atoms with Gasteiger partial charge < -0.3 is 44.3 Å². The Bertz CT molecular complexity index is 2120. The summed E-state index contributed by atoms with van der Waals surface area (Å²) in [5.74, 6) is -5.07. The first-order valence-corrected chi connectivity index (χ1v) is 20.0. The molecular weight excluding hydrogens is 786 g/mol. The molecule has 4 aliphatic rings. The number of nitrogens with one attached hydrogen (secondary N) is 3. The number of carbonyl (C=O) groups excluding carboxylic acids is 5. The number of hydrogen-bond donors (Lipinski definition) is 3. The van der Waals surface area contributed by atoms with Crippen molar-refractivity contribution in [2.45, 2.75) is 69.5 Å². The Balaban J connectivity index is 0.814. The largest absolute Gasteiger partial charge is 0.495 e. The van der Waals surface area contributed by atoms with Crippen LogP contribution in [-0.4, -0.2) is 123 Å². The number of fused-ring (bicyclic) bond motifs is 2. The van der Waals surface area contributed by atoms with E-state index in [1.807, 2.05) is 0 Å². The van der Waals surface area contributed by atoms with Gasteiger partial charge in [0.05, 0.1) is 45.3 Å². The van der Waals surface area contributed by atoms with E-state index >= 15 is 0 Å². The topological polar surface area (TPSA) is 194 Å². The van der Waals surface area contributed by atoms with Crippen LogP contribution in [0.5, 0.6) is 11.5 Å². The summed E-state index contributed by atoms with van der Waals surface area (Å²) in [5, 5.41) is 8.19. The number of hydrogen-bond acceptors (Lipinski definition) is 13. The molecule has 7 rings (SSSR count). The van der Waals surface area contributed by atoms with Crippen LogP contribution in [0.25, 0.3) is 0 Å². The summed E-state index contributed by atoms with van der Waals surface area (Å²) in [6, 6.07) is 9.12. The van der Waals surface area contributed by atoms with Crippen molar-refractivity contribution >= 4 is 52.7 Å². The molecule has 3 aromatic rings. The second kappa shape index (κ2) is 18.5. The zero-order chi connectivity index (χ0) is 42.4. The molecule has 2 aromatic carbocycles. The molecule has 3 N–H and O–H groups in total. The molecular formula is C41H48F2N8O9. The van der Waals surface area contributed by atoms with Crippen LogP contribution in [0, 0.1) is 0 Å². The molecule has 4 heterocycles. The minimum absolute atomic E-state index is 0.115. The van der Waals surface area contributed by atoms with Gasteiger partial charge in [0.1, 0.15) is 29.8 Å². The number of imide groups is 1. The van der Waals surface area contributed by atoms with E-state index in [4.69, 9.17) is 18.9 Å². The number of methoxy groups -OCH3 is 1. The molecule has 2 fully saturated rings. The number of ether oxygens (including phenoxy) is 4. The second-order valence-corrected chi connectivity index (χ2v) is 14.9. The van der Waals surface area contributed by atoms with E-state index in [9.17, 15) is 32.8 Å². The van der Waals surface area contributed by atoms with Crippen molar-refractivity contribution in [3.05, 3.63) is 59.3 Å². The Morgan fingerprint density at radius 3 is 2.52 bits per heavy atom. The van der Waals surface area contributed by atoms with E-state index in [0.717, 1.165) is 30.6 Å². The fourth-order valence-electron chi connectivity index (χ4n) is 7.87. The van der Waals surface area contributed by atoms with Crippen molar-refractivity contribution in [3.63, 3.8) is 0 Å². The van der Waals surface area contributed by atoms with Crippen LogP contribution in [0.3, 0.4) is 0 Å². The highest BCUT2D eigenvalue weighted by atomic mass is 19.3. The average Bonchev–Trinajstić information content (AvgIpc) is 3.89. The third-order valence-electron chi connectivity index (χ3n) is 11.0. The molecule has 3 aliphatic heterocycles. The molecule has 1 aromatic heterocycles. The first kappa shape index (κ1) is 42.2. The number of rotatable bonds is 17. The van der Waals surface area contributed by atoms with Gasteiger partial charge in [0.15, 0.2) is 5.82 Å². The lowest BCUT2D eigenvalue weighted by molar-refractivity contribution is -0.140. The van der Waals surface area contributed by atoms with Gasteiger partial charge in [-0.2, -0.15) is 13.8 Å². The van der Waals surface area contributed by atoms with Gasteiger partial charge in [0.2, 0.25) is 17.8 Å². The van der Waals surface area contributed by atoms with E-state index in [-0.39, 0.29) is 80.4 Å². The van der Waals surface area contributed by atoms with Crippen LogP contribution in [0.1, 0.15) is 71.2 Å². The van der Waals surface area contributed by atoms with Crippen molar-refractivity contribution < 1.29 is 51.7 Å². The second-order valence-electron chi connectivity index (χ2n) is 14.9. The Morgan fingerprint density at radius 1 is 0.967 bits per heavy atom. The van der Waals surface area contributed by atoms with Crippen molar-refractivity contribution in [1.29, 1.82) is 0 Å². The van der Waals surface area contributed by atoms with Gasteiger partial charge in [0, 0.05) is 56.0 Å². The van der Waals surface area contributed by atoms with Crippen LogP contribution in [0.4, 0.5) is 31.9 Å². The number of anilines is 4. The normalized spacial score (nSPS) is 18.9.